The van der Waals surface area contributed by atoms with Gasteiger partial charge in [-0.05, 0) is 26.2 Å². The van der Waals surface area contributed by atoms with Crippen LogP contribution in [0.1, 0.15) is 60.8 Å². The van der Waals surface area contributed by atoms with Crippen molar-refractivity contribution >= 4 is 11.6 Å². The molecule has 0 atom stereocenters. The molecule has 0 saturated heterocycles. The standard InChI is InChI=1S/C16H28O3/c1-15(2,3)11-13(17)9-7-8-10-14(18)12-19-16(4,5)6/h7-8H,9-12H2,1-6H3. The van der Waals surface area contributed by atoms with E-state index in [1.807, 2.05) is 41.5 Å². The first-order valence-corrected chi connectivity index (χ1v) is 6.82. The van der Waals surface area contributed by atoms with Crippen molar-refractivity contribution < 1.29 is 14.3 Å². The van der Waals surface area contributed by atoms with Gasteiger partial charge in [-0.2, -0.15) is 0 Å². The molecular weight excluding hydrogens is 240 g/mol. The predicted octanol–water partition coefficient (Wildman–Crippen LogP) is 3.71. The van der Waals surface area contributed by atoms with Crippen LogP contribution in [0.2, 0.25) is 0 Å². The zero-order valence-electron chi connectivity index (χ0n) is 13.2. The first kappa shape index (κ1) is 18.0. The van der Waals surface area contributed by atoms with Crippen molar-refractivity contribution in [3.8, 4) is 0 Å². The molecule has 0 radical (unpaired) electrons. The fraction of sp³-hybridized carbons (Fsp3) is 0.750. The molecular formula is C16H28O3. The molecule has 0 spiro atoms. The molecule has 19 heavy (non-hydrogen) atoms. The minimum Gasteiger partial charge on any atom is -0.368 e. The lowest BCUT2D eigenvalue weighted by atomic mass is 9.89. The third-order valence-corrected chi connectivity index (χ3v) is 2.25. The predicted molar refractivity (Wildman–Crippen MR) is 78.2 cm³/mol. The van der Waals surface area contributed by atoms with Crippen molar-refractivity contribution in [3.63, 3.8) is 0 Å². The molecule has 0 aromatic heterocycles. The van der Waals surface area contributed by atoms with Gasteiger partial charge in [-0.1, -0.05) is 32.9 Å². The maximum Gasteiger partial charge on any atom is 0.162 e. The highest BCUT2D eigenvalue weighted by molar-refractivity contribution is 5.82. The second-order valence-electron chi connectivity index (χ2n) is 7.10. The number of carbonyl (C=O) groups excluding carboxylic acids is 2. The van der Waals surface area contributed by atoms with Gasteiger partial charge in [0.05, 0.1) is 5.60 Å². The monoisotopic (exact) mass is 268 g/mol. The summed E-state index contributed by atoms with van der Waals surface area (Å²) in [6.45, 7) is 12.0. The van der Waals surface area contributed by atoms with E-state index in [0.29, 0.717) is 19.3 Å². The van der Waals surface area contributed by atoms with Crippen molar-refractivity contribution in [2.24, 2.45) is 5.41 Å². The largest absolute Gasteiger partial charge is 0.368 e. The topological polar surface area (TPSA) is 43.4 Å². The maximum absolute atomic E-state index is 11.6. The number of rotatable bonds is 7. The smallest absolute Gasteiger partial charge is 0.162 e. The van der Waals surface area contributed by atoms with Crippen LogP contribution in [0.5, 0.6) is 0 Å². The van der Waals surface area contributed by atoms with E-state index in [-0.39, 0.29) is 29.2 Å². The summed E-state index contributed by atoms with van der Waals surface area (Å²) in [5, 5.41) is 0. The third kappa shape index (κ3) is 13.3. The summed E-state index contributed by atoms with van der Waals surface area (Å²) in [6.07, 6.45) is 4.85. The minimum absolute atomic E-state index is 0.0291. The Morgan fingerprint density at radius 2 is 1.37 bits per heavy atom. The Morgan fingerprint density at radius 3 is 1.79 bits per heavy atom. The van der Waals surface area contributed by atoms with Gasteiger partial charge >= 0.3 is 0 Å². The van der Waals surface area contributed by atoms with E-state index < -0.39 is 0 Å². The number of ketones is 2. The molecule has 0 unspecified atom stereocenters. The van der Waals surface area contributed by atoms with E-state index >= 15 is 0 Å². The Bertz CT molecular complexity index is 327. The molecule has 0 aliphatic carbocycles. The van der Waals surface area contributed by atoms with E-state index in [4.69, 9.17) is 4.74 Å². The summed E-state index contributed by atoms with van der Waals surface area (Å²) in [7, 11) is 0. The Kier molecular flexibility index (Phi) is 7.20. The number of hydrogen-bond acceptors (Lipinski definition) is 3. The maximum atomic E-state index is 11.6. The van der Waals surface area contributed by atoms with Gasteiger partial charge < -0.3 is 4.74 Å². The molecule has 0 aliphatic rings. The Morgan fingerprint density at radius 1 is 0.895 bits per heavy atom. The van der Waals surface area contributed by atoms with Gasteiger partial charge in [0.1, 0.15) is 12.4 Å². The second-order valence-corrected chi connectivity index (χ2v) is 7.10. The van der Waals surface area contributed by atoms with E-state index in [1.54, 1.807) is 12.2 Å². The van der Waals surface area contributed by atoms with Crippen molar-refractivity contribution in [1.82, 2.24) is 0 Å². The van der Waals surface area contributed by atoms with Gasteiger partial charge in [0, 0.05) is 19.3 Å². The number of ether oxygens (including phenoxy) is 1. The summed E-state index contributed by atoms with van der Waals surface area (Å²) >= 11 is 0. The van der Waals surface area contributed by atoms with Crippen molar-refractivity contribution in [2.45, 2.75) is 66.4 Å². The molecule has 3 nitrogen and oxygen atoms in total. The summed E-state index contributed by atoms with van der Waals surface area (Å²) in [5.74, 6) is 0.247. The van der Waals surface area contributed by atoms with Gasteiger partial charge in [0.15, 0.2) is 5.78 Å². The van der Waals surface area contributed by atoms with Gasteiger partial charge in [-0.25, -0.2) is 0 Å². The molecule has 0 fully saturated rings. The lowest BCUT2D eigenvalue weighted by Gasteiger charge is -2.18. The summed E-state index contributed by atoms with van der Waals surface area (Å²) in [6, 6.07) is 0. The molecule has 0 heterocycles. The van der Waals surface area contributed by atoms with E-state index in [1.165, 1.54) is 0 Å². The van der Waals surface area contributed by atoms with E-state index in [2.05, 4.69) is 0 Å². The zero-order valence-corrected chi connectivity index (χ0v) is 13.2. The van der Waals surface area contributed by atoms with Crippen LogP contribution >= 0.6 is 0 Å². The van der Waals surface area contributed by atoms with Crippen LogP contribution in [0.15, 0.2) is 12.2 Å². The van der Waals surface area contributed by atoms with Crippen molar-refractivity contribution in [2.75, 3.05) is 6.61 Å². The number of hydrogen-bond donors (Lipinski definition) is 0. The van der Waals surface area contributed by atoms with Crippen LogP contribution in [-0.2, 0) is 14.3 Å². The van der Waals surface area contributed by atoms with Gasteiger partial charge in [0.25, 0.3) is 0 Å². The Labute approximate surface area is 117 Å². The fourth-order valence-corrected chi connectivity index (χ4v) is 1.45. The fourth-order valence-electron chi connectivity index (χ4n) is 1.45. The Hall–Kier alpha value is -0.960. The van der Waals surface area contributed by atoms with Crippen LogP contribution in [-0.4, -0.2) is 23.8 Å². The summed E-state index contributed by atoms with van der Waals surface area (Å²) < 4.78 is 5.38. The quantitative estimate of drug-likeness (QED) is 0.661. The highest BCUT2D eigenvalue weighted by Crippen LogP contribution is 2.19. The van der Waals surface area contributed by atoms with Crippen LogP contribution in [0.4, 0.5) is 0 Å². The zero-order chi connectivity index (χ0) is 15.1. The number of allylic oxidation sites excluding steroid dienone is 2. The molecule has 3 heteroatoms. The summed E-state index contributed by atoms with van der Waals surface area (Å²) in [5.41, 5.74) is -0.261. The van der Waals surface area contributed by atoms with Crippen LogP contribution in [0.3, 0.4) is 0 Å². The first-order valence-electron chi connectivity index (χ1n) is 6.82. The van der Waals surface area contributed by atoms with E-state index in [0.717, 1.165) is 0 Å². The second kappa shape index (κ2) is 7.59. The third-order valence-electron chi connectivity index (χ3n) is 2.25. The highest BCUT2D eigenvalue weighted by Gasteiger charge is 2.14. The molecule has 0 aromatic carbocycles. The average molecular weight is 268 g/mol. The van der Waals surface area contributed by atoms with Crippen LogP contribution in [0.25, 0.3) is 0 Å². The normalized spacial score (nSPS) is 12.9. The molecule has 0 saturated carbocycles. The lowest BCUT2D eigenvalue weighted by molar-refractivity contribution is -0.127. The Balaban J connectivity index is 3.85. The SMILES string of the molecule is CC(C)(C)CC(=O)CC=CCC(=O)COC(C)(C)C. The molecule has 0 bridgehead atoms. The molecule has 0 amide bonds. The molecule has 0 aromatic rings. The molecule has 0 N–H and O–H groups in total. The van der Waals surface area contributed by atoms with Crippen LogP contribution < -0.4 is 0 Å². The highest BCUT2D eigenvalue weighted by atomic mass is 16.5. The lowest BCUT2D eigenvalue weighted by Crippen LogP contribution is -2.23. The number of carbonyl (C=O) groups is 2. The first-order chi connectivity index (χ1) is 8.49. The minimum atomic E-state index is -0.290. The van der Waals surface area contributed by atoms with Gasteiger partial charge in [0.2, 0.25) is 0 Å². The van der Waals surface area contributed by atoms with Gasteiger partial charge in [-0.15, -0.1) is 0 Å². The molecule has 0 aliphatic heterocycles. The van der Waals surface area contributed by atoms with Crippen LogP contribution in [0, 0.1) is 5.41 Å². The molecule has 110 valence electrons. The van der Waals surface area contributed by atoms with Crippen molar-refractivity contribution in [1.29, 1.82) is 0 Å². The average Bonchev–Trinajstić information content (AvgIpc) is 2.18. The number of Topliss-reactive ketones (excluding diaryl/α,β-unsaturated/α-hetero) is 2. The molecule has 0 rings (SSSR count). The van der Waals surface area contributed by atoms with E-state index in [9.17, 15) is 9.59 Å². The van der Waals surface area contributed by atoms with Gasteiger partial charge in [-0.3, -0.25) is 9.59 Å². The van der Waals surface area contributed by atoms with Crippen molar-refractivity contribution in [3.05, 3.63) is 12.2 Å². The summed E-state index contributed by atoms with van der Waals surface area (Å²) in [4.78, 5) is 23.1.